The summed E-state index contributed by atoms with van der Waals surface area (Å²) < 4.78 is 0.990. The van der Waals surface area contributed by atoms with Crippen LogP contribution in [0.15, 0.2) is 22.8 Å². The zero-order valence-electron chi connectivity index (χ0n) is 12.9. The second kappa shape index (κ2) is 9.67. The molecule has 0 bridgehead atoms. The molecule has 0 aromatic carbocycles. The van der Waals surface area contributed by atoms with E-state index in [-0.39, 0.29) is 30.7 Å². The zero-order chi connectivity index (χ0) is 14.7. The first-order valence-corrected chi connectivity index (χ1v) is 8.39. The summed E-state index contributed by atoms with van der Waals surface area (Å²) in [5, 5.41) is 3.39. The molecule has 3 rings (SSSR count). The van der Waals surface area contributed by atoms with E-state index in [1.807, 2.05) is 23.2 Å². The van der Waals surface area contributed by atoms with E-state index in [1.54, 1.807) is 0 Å². The molecule has 1 atom stereocenters. The molecule has 2 saturated heterocycles. The third kappa shape index (κ3) is 5.48. The van der Waals surface area contributed by atoms with Gasteiger partial charge in [-0.1, -0.05) is 0 Å². The van der Waals surface area contributed by atoms with Crippen molar-refractivity contribution in [1.29, 1.82) is 0 Å². The second-order valence-corrected chi connectivity index (χ2v) is 6.62. The highest BCUT2D eigenvalue weighted by atomic mass is 79.9. The molecule has 0 spiro atoms. The molecular weight excluding hydrogens is 403 g/mol. The molecule has 0 aliphatic carbocycles. The predicted molar refractivity (Wildman–Crippen MR) is 101 cm³/mol. The average Bonchev–Trinajstić information content (AvgIpc) is 3.01. The van der Waals surface area contributed by atoms with Crippen LogP contribution in [0.1, 0.15) is 19.3 Å². The Bertz CT molecular complexity index is 489. The summed E-state index contributed by atoms with van der Waals surface area (Å²) in [5.74, 6) is 1.28. The lowest BCUT2D eigenvalue weighted by atomic mass is 10.1. The molecule has 1 unspecified atom stereocenters. The Morgan fingerprint density at radius 3 is 2.57 bits per heavy atom. The number of piperazine rings is 1. The first-order chi connectivity index (χ1) is 10.2. The number of carbonyl (C=O) groups is 1. The van der Waals surface area contributed by atoms with E-state index in [9.17, 15) is 4.79 Å². The SMILES string of the molecule is Cl.Cl.O=C(CC1CCCN1)N1CCN(c2ccc(Br)cn2)CC1. The molecule has 5 nitrogen and oxygen atoms in total. The van der Waals surface area contributed by atoms with Gasteiger partial charge in [0.1, 0.15) is 5.82 Å². The molecule has 1 aromatic heterocycles. The lowest BCUT2D eigenvalue weighted by Crippen LogP contribution is -2.49. The number of hydrogen-bond acceptors (Lipinski definition) is 4. The molecule has 23 heavy (non-hydrogen) atoms. The Morgan fingerprint density at radius 2 is 2.00 bits per heavy atom. The third-order valence-electron chi connectivity index (χ3n) is 4.25. The number of hydrogen-bond donors (Lipinski definition) is 1. The van der Waals surface area contributed by atoms with Gasteiger partial charge in [-0.3, -0.25) is 4.79 Å². The summed E-state index contributed by atoms with van der Waals surface area (Å²) in [6, 6.07) is 4.42. The minimum Gasteiger partial charge on any atom is -0.353 e. The lowest BCUT2D eigenvalue weighted by Gasteiger charge is -2.35. The minimum absolute atomic E-state index is 0. The van der Waals surface area contributed by atoms with Gasteiger partial charge in [0.05, 0.1) is 0 Å². The Kier molecular flexibility index (Phi) is 8.61. The van der Waals surface area contributed by atoms with E-state index in [4.69, 9.17) is 0 Å². The van der Waals surface area contributed by atoms with Crippen LogP contribution in [0, 0.1) is 0 Å². The van der Waals surface area contributed by atoms with E-state index >= 15 is 0 Å². The number of nitrogens with one attached hydrogen (secondary N) is 1. The van der Waals surface area contributed by atoms with Crippen LogP contribution in [0.25, 0.3) is 0 Å². The van der Waals surface area contributed by atoms with E-state index in [1.165, 1.54) is 6.42 Å². The molecule has 3 heterocycles. The van der Waals surface area contributed by atoms with Crippen LogP contribution in [0.2, 0.25) is 0 Å². The quantitative estimate of drug-likeness (QED) is 0.808. The maximum Gasteiger partial charge on any atom is 0.224 e. The Labute approximate surface area is 158 Å². The van der Waals surface area contributed by atoms with Gasteiger partial charge >= 0.3 is 0 Å². The van der Waals surface area contributed by atoms with Gasteiger partial charge in [0.2, 0.25) is 5.91 Å². The Morgan fingerprint density at radius 1 is 1.26 bits per heavy atom. The molecule has 1 aromatic rings. The van der Waals surface area contributed by atoms with E-state index in [0.29, 0.717) is 12.5 Å². The largest absolute Gasteiger partial charge is 0.353 e. The van der Waals surface area contributed by atoms with Crippen molar-refractivity contribution in [1.82, 2.24) is 15.2 Å². The number of anilines is 1. The number of amides is 1. The molecule has 2 aliphatic heterocycles. The fraction of sp³-hybridized carbons (Fsp3) is 0.600. The smallest absolute Gasteiger partial charge is 0.224 e. The fourth-order valence-electron chi connectivity index (χ4n) is 3.01. The number of carbonyl (C=O) groups excluding carboxylic acids is 1. The van der Waals surface area contributed by atoms with Gasteiger partial charge in [0, 0.05) is 49.3 Å². The van der Waals surface area contributed by atoms with E-state index < -0.39 is 0 Å². The van der Waals surface area contributed by atoms with Crippen molar-refractivity contribution in [3.8, 4) is 0 Å². The number of aromatic nitrogens is 1. The standard InChI is InChI=1S/C15H21BrN4O.2ClH/c16-12-3-4-14(18-11-12)19-6-8-20(9-7-19)15(21)10-13-2-1-5-17-13;;/h3-4,11,13,17H,1-2,5-10H2;2*1H. The summed E-state index contributed by atoms with van der Waals surface area (Å²) >= 11 is 3.40. The van der Waals surface area contributed by atoms with Crippen molar-refractivity contribution in [2.75, 3.05) is 37.6 Å². The van der Waals surface area contributed by atoms with Gasteiger partial charge in [0.15, 0.2) is 0 Å². The molecule has 1 amide bonds. The molecule has 8 heteroatoms. The van der Waals surface area contributed by atoms with Crippen molar-refractivity contribution in [2.45, 2.75) is 25.3 Å². The van der Waals surface area contributed by atoms with Crippen molar-refractivity contribution in [2.24, 2.45) is 0 Å². The lowest BCUT2D eigenvalue weighted by molar-refractivity contribution is -0.131. The molecule has 130 valence electrons. The van der Waals surface area contributed by atoms with Gasteiger partial charge in [0.25, 0.3) is 0 Å². The highest BCUT2D eigenvalue weighted by Gasteiger charge is 2.25. The molecule has 2 fully saturated rings. The first-order valence-electron chi connectivity index (χ1n) is 7.60. The molecular formula is C15H23BrCl2N4O. The number of halogens is 3. The fourth-order valence-corrected chi connectivity index (χ4v) is 3.25. The summed E-state index contributed by atoms with van der Waals surface area (Å²) in [5.41, 5.74) is 0. The molecule has 0 saturated carbocycles. The summed E-state index contributed by atoms with van der Waals surface area (Å²) in [4.78, 5) is 20.9. The number of pyridine rings is 1. The molecule has 1 N–H and O–H groups in total. The topological polar surface area (TPSA) is 48.5 Å². The van der Waals surface area contributed by atoms with Crippen LogP contribution in [0.5, 0.6) is 0 Å². The highest BCUT2D eigenvalue weighted by molar-refractivity contribution is 9.10. The molecule has 2 aliphatic rings. The van der Waals surface area contributed by atoms with Crippen molar-refractivity contribution in [3.05, 3.63) is 22.8 Å². The van der Waals surface area contributed by atoms with Crippen LogP contribution >= 0.6 is 40.7 Å². The normalized spacial score (nSPS) is 20.7. The summed E-state index contributed by atoms with van der Waals surface area (Å²) in [6.07, 6.45) is 4.80. The van der Waals surface area contributed by atoms with Crippen molar-refractivity contribution in [3.63, 3.8) is 0 Å². The van der Waals surface area contributed by atoms with Crippen LogP contribution in [0.4, 0.5) is 5.82 Å². The maximum atomic E-state index is 12.3. The highest BCUT2D eigenvalue weighted by Crippen LogP contribution is 2.17. The number of nitrogens with zero attached hydrogens (tertiary/aromatic N) is 3. The van der Waals surface area contributed by atoms with Gasteiger partial charge in [-0.15, -0.1) is 24.8 Å². The van der Waals surface area contributed by atoms with Crippen LogP contribution in [-0.4, -0.2) is 54.6 Å². The van der Waals surface area contributed by atoms with Crippen molar-refractivity contribution < 1.29 is 4.79 Å². The second-order valence-electron chi connectivity index (χ2n) is 5.70. The summed E-state index contributed by atoms with van der Waals surface area (Å²) in [7, 11) is 0. The van der Waals surface area contributed by atoms with Crippen LogP contribution < -0.4 is 10.2 Å². The van der Waals surface area contributed by atoms with E-state index in [0.717, 1.165) is 49.4 Å². The average molecular weight is 426 g/mol. The zero-order valence-corrected chi connectivity index (χ0v) is 16.1. The predicted octanol–water partition coefficient (Wildman–Crippen LogP) is 2.48. The molecule has 0 radical (unpaired) electrons. The Hall–Kier alpha value is -0.560. The maximum absolute atomic E-state index is 12.3. The van der Waals surface area contributed by atoms with Gasteiger partial charge in [-0.25, -0.2) is 4.98 Å². The third-order valence-corrected chi connectivity index (χ3v) is 4.72. The van der Waals surface area contributed by atoms with Gasteiger partial charge < -0.3 is 15.1 Å². The van der Waals surface area contributed by atoms with Crippen LogP contribution in [-0.2, 0) is 4.79 Å². The van der Waals surface area contributed by atoms with Gasteiger partial charge in [-0.2, -0.15) is 0 Å². The van der Waals surface area contributed by atoms with E-state index in [2.05, 4.69) is 31.1 Å². The number of rotatable bonds is 3. The monoisotopic (exact) mass is 424 g/mol. The first kappa shape index (κ1) is 20.5. The summed E-state index contributed by atoms with van der Waals surface area (Å²) in [6.45, 7) is 4.37. The van der Waals surface area contributed by atoms with Crippen LogP contribution in [0.3, 0.4) is 0 Å². The van der Waals surface area contributed by atoms with Crippen molar-refractivity contribution >= 4 is 52.5 Å². The van der Waals surface area contributed by atoms with Gasteiger partial charge in [-0.05, 0) is 47.4 Å². The Balaban J connectivity index is 0.00000132. The minimum atomic E-state index is 0.